The van der Waals surface area contributed by atoms with Gasteiger partial charge in [0.05, 0.1) is 9.79 Å². The van der Waals surface area contributed by atoms with Crippen molar-refractivity contribution in [2.75, 3.05) is 13.6 Å². The van der Waals surface area contributed by atoms with E-state index in [0.717, 1.165) is 0 Å². The molecule has 0 fully saturated rings. The van der Waals surface area contributed by atoms with Gasteiger partial charge in [0.15, 0.2) is 0 Å². The maximum Gasteiger partial charge on any atom is 0.240 e. The van der Waals surface area contributed by atoms with Gasteiger partial charge < -0.3 is 5.73 Å². The second kappa shape index (κ2) is 5.97. The van der Waals surface area contributed by atoms with E-state index in [0.29, 0.717) is 0 Å². The number of benzene rings is 1. The van der Waals surface area contributed by atoms with Gasteiger partial charge in [-0.1, -0.05) is 0 Å². The monoisotopic (exact) mass is 307 g/mol. The molecule has 108 valence electrons. The van der Waals surface area contributed by atoms with Crippen LogP contribution in [-0.4, -0.2) is 36.5 Å². The summed E-state index contributed by atoms with van der Waals surface area (Å²) in [7, 11) is -5.96. The van der Waals surface area contributed by atoms with Crippen LogP contribution < -0.4 is 15.2 Å². The van der Waals surface area contributed by atoms with Gasteiger partial charge in [-0.25, -0.2) is 26.3 Å². The fourth-order valence-corrected chi connectivity index (χ4v) is 3.11. The fourth-order valence-electron chi connectivity index (χ4n) is 1.24. The first-order valence-electron chi connectivity index (χ1n) is 5.48. The third-order valence-corrected chi connectivity index (χ3v) is 5.18. The minimum Gasteiger partial charge on any atom is -0.327 e. The summed E-state index contributed by atoms with van der Waals surface area (Å²) in [5.74, 6) is 0. The molecule has 0 radical (unpaired) electrons. The summed E-state index contributed by atoms with van der Waals surface area (Å²) in [6, 6.07) is 4.61. The molecule has 9 heteroatoms. The zero-order chi connectivity index (χ0) is 14.7. The molecule has 0 aromatic heterocycles. The zero-order valence-corrected chi connectivity index (χ0v) is 12.3. The molecule has 1 atom stereocenters. The highest BCUT2D eigenvalue weighted by molar-refractivity contribution is 7.90. The summed E-state index contributed by atoms with van der Waals surface area (Å²) in [6.07, 6.45) is 0. The normalized spacial score (nSPS) is 14.3. The Balaban J connectivity index is 2.99. The van der Waals surface area contributed by atoms with Crippen molar-refractivity contribution >= 4 is 20.0 Å². The summed E-state index contributed by atoms with van der Waals surface area (Å²) >= 11 is 0. The van der Waals surface area contributed by atoms with Gasteiger partial charge in [0.25, 0.3) is 0 Å². The molecular weight excluding hydrogens is 290 g/mol. The summed E-state index contributed by atoms with van der Waals surface area (Å²) in [4.78, 5) is -0.00986. The molecule has 4 N–H and O–H groups in total. The second-order valence-electron chi connectivity index (χ2n) is 4.01. The van der Waals surface area contributed by atoms with Gasteiger partial charge in [-0.05, 0) is 38.2 Å². The largest absolute Gasteiger partial charge is 0.327 e. The molecule has 0 aliphatic rings. The van der Waals surface area contributed by atoms with Crippen LogP contribution in [0.1, 0.15) is 6.92 Å². The van der Waals surface area contributed by atoms with Gasteiger partial charge in [-0.3, -0.25) is 0 Å². The Morgan fingerprint density at radius 2 is 1.47 bits per heavy atom. The van der Waals surface area contributed by atoms with Gasteiger partial charge in [0, 0.05) is 12.6 Å². The van der Waals surface area contributed by atoms with E-state index in [-0.39, 0.29) is 22.4 Å². The SMILES string of the molecule is CNS(=O)(=O)c1ccc(S(=O)(=O)NCC(C)N)cc1. The van der Waals surface area contributed by atoms with Crippen molar-refractivity contribution < 1.29 is 16.8 Å². The number of nitrogens with two attached hydrogens (primary N) is 1. The van der Waals surface area contributed by atoms with Crippen molar-refractivity contribution in [1.29, 1.82) is 0 Å². The molecule has 1 unspecified atom stereocenters. The van der Waals surface area contributed by atoms with E-state index in [1.165, 1.54) is 31.3 Å². The topological polar surface area (TPSA) is 118 Å². The molecule has 1 aromatic rings. The molecule has 0 saturated carbocycles. The number of hydrogen-bond donors (Lipinski definition) is 3. The van der Waals surface area contributed by atoms with Crippen LogP contribution in [-0.2, 0) is 20.0 Å². The Kier molecular flexibility index (Phi) is 5.04. The number of hydrogen-bond acceptors (Lipinski definition) is 5. The third-order valence-electron chi connectivity index (χ3n) is 2.31. The molecule has 7 nitrogen and oxygen atoms in total. The summed E-state index contributed by atoms with van der Waals surface area (Å²) in [5, 5.41) is 0. The minimum atomic E-state index is -3.67. The van der Waals surface area contributed by atoms with Crippen LogP contribution >= 0.6 is 0 Å². The lowest BCUT2D eigenvalue weighted by atomic mass is 10.4. The molecule has 1 aromatic carbocycles. The lowest BCUT2D eigenvalue weighted by molar-refractivity contribution is 0.573. The average Bonchev–Trinajstić information content (AvgIpc) is 2.37. The fraction of sp³-hybridized carbons (Fsp3) is 0.400. The Hall–Kier alpha value is -1.00. The first-order chi connectivity index (χ1) is 8.69. The standard InChI is InChI=1S/C10H17N3O4S2/c1-8(11)7-13-19(16,17)10-5-3-9(4-6-10)18(14,15)12-2/h3-6,8,12-13H,7,11H2,1-2H3. The molecule has 0 bridgehead atoms. The second-order valence-corrected chi connectivity index (χ2v) is 7.66. The van der Waals surface area contributed by atoms with E-state index in [4.69, 9.17) is 5.73 Å². The van der Waals surface area contributed by atoms with Crippen LogP contribution in [0.2, 0.25) is 0 Å². The van der Waals surface area contributed by atoms with Crippen LogP contribution in [0.15, 0.2) is 34.1 Å². The van der Waals surface area contributed by atoms with Gasteiger partial charge >= 0.3 is 0 Å². The highest BCUT2D eigenvalue weighted by atomic mass is 32.2. The van der Waals surface area contributed by atoms with E-state index in [1.54, 1.807) is 6.92 Å². The van der Waals surface area contributed by atoms with Gasteiger partial charge in [0.1, 0.15) is 0 Å². The Bertz CT molecular complexity index is 621. The first-order valence-corrected chi connectivity index (χ1v) is 8.44. The third kappa shape index (κ3) is 4.25. The van der Waals surface area contributed by atoms with Crippen molar-refractivity contribution in [2.24, 2.45) is 5.73 Å². The van der Waals surface area contributed by atoms with Crippen LogP contribution in [0.5, 0.6) is 0 Å². The quantitative estimate of drug-likeness (QED) is 0.637. The molecule has 0 heterocycles. The van der Waals surface area contributed by atoms with E-state index >= 15 is 0 Å². The molecule has 1 rings (SSSR count). The maximum absolute atomic E-state index is 11.8. The predicted molar refractivity (Wildman–Crippen MR) is 71.5 cm³/mol. The Morgan fingerprint density at radius 3 is 1.84 bits per heavy atom. The van der Waals surface area contributed by atoms with Crippen LogP contribution in [0.3, 0.4) is 0 Å². The molecule has 0 spiro atoms. The molecule has 0 aliphatic carbocycles. The molecular formula is C10H17N3O4S2. The lowest BCUT2D eigenvalue weighted by Crippen LogP contribution is -2.35. The van der Waals surface area contributed by atoms with Crippen LogP contribution in [0.4, 0.5) is 0 Å². The van der Waals surface area contributed by atoms with Gasteiger partial charge in [-0.15, -0.1) is 0 Å². The van der Waals surface area contributed by atoms with Gasteiger partial charge in [0.2, 0.25) is 20.0 Å². The van der Waals surface area contributed by atoms with Crippen molar-refractivity contribution in [1.82, 2.24) is 9.44 Å². The van der Waals surface area contributed by atoms with Crippen molar-refractivity contribution in [3.05, 3.63) is 24.3 Å². The maximum atomic E-state index is 11.8. The summed E-state index contributed by atoms with van der Waals surface area (Å²) in [6.45, 7) is 1.78. The Labute approximate surface area is 113 Å². The minimum absolute atomic E-state index is 0.00106. The highest BCUT2D eigenvalue weighted by Crippen LogP contribution is 2.13. The Morgan fingerprint density at radius 1 is 1.05 bits per heavy atom. The number of rotatable bonds is 6. The van der Waals surface area contributed by atoms with Crippen LogP contribution in [0, 0.1) is 0 Å². The zero-order valence-electron chi connectivity index (χ0n) is 10.6. The number of nitrogens with one attached hydrogen (secondary N) is 2. The average molecular weight is 307 g/mol. The van der Waals surface area contributed by atoms with Crippen molar-refractivity contribution in [2.45, 2.75) is 22.8 Å². The van der Waals surface area contributed by atoms with E-state index < -0.39 is 20.0 Å². The molecule has 0 amide bonds. The van der Waals surface area contributed by atoms with Crippen LogP contribution in [0.25, 0.3) is 0 Å². The van der Waals surface area contributed by atoms with Gasteiger partial charge in [-0.2, -0.15) is 0 Å². The lowest BCUT2D eigenvalue weighted by Gasteiger charge is -2.09. The smallest absolute Gasteiger partial charge is 0.240 e. The summed E-state index contributed by atoms with van der Waals surface area (Å²) in [5.41, 5.74) is 5.46. The first kappa shape index (κ1) is 16.1. The van der Waals surface area contributed by atoms with E-state index in [9.17, 15) is 16.8 Å². The van der Waals surface area contributed by atoms with Crippen molar-refractivity contribution in [3.63, 3.8) is 0 Å². The van der Waals surface area contributed by atoms with E-state index in [1.807, 2.05) is 0 Å². The number of sulfonamides is 2. The summed E-state index contributed by atoms with van der Waals surface area (Å²) < 4.78 is 51.1. The molecule has 0 aliphatic heterocycles. The highest BCUT2D eigenvalue weighted by Gasteiger charge is 2.16. The molecule has 0 saturated heterocycles. The predicted octanol–water partition coefficient (Wildman–Crippen LogP) is -0.780. The van der Waals surface area contributed by atoms with E-state index in [2.05, 4.69) is 9.44 Å². The van der Waals surface area contributed by atoms with Crippen molar-refractivity contribution in [3.8, 4) is 0 Å². The molecule has 19 heavy (non-hydrogen) atoms.